The Balaban J connectivity index is 2.24. The third-order valence-corrected chi connectivity index (χ3v) is 2.43. The maximum Gasteiger partial charge on any atom is 0.251 e. The summed E-state index contributed by atoms with van der Waals surface area (Å²) >= 11 is 0. The Kier molecular flexibility index (Phi) is 3.43. The highest BCUT2D eigenvalue weighted by atomic mass is 16.5. The van der Waals surface area contributed by atoms with Gasteiger partial charge in [0.15, 0.2) is 0 Å². The first-order chi connectivity index (χ1) is 8.69. The molecule has 0 fully saturated rings. The third kappa shape index (κ3) is 2.76. The average molecular weight is 244 g/mol. The number of nitrogens with zero attached hydrogens (tertiary/aromatic N) is 2. The van der Waals surface area contributed by atoms with Crippen molar-refractivity contribution < 1.29 is 9.16 Å². The molecule has 18 heavy (non-hydrogen) atoms. The lowest BCUT2D eigenvalue weighted by atomic mass is 10.2. The smallest absolute Gasteiger partial charge is 0.251 e. The van der Waals surface area contributed by atoms with Crippen LogP contribution in [0.5, 0.6) is 5.75 Å². The third-order valence-electron chi connectivity index (χ3n) is 2.43. The molecule has 2 rings (SSSR count). The van der Waals surface area contributed by atoms with Gasteiger partial charge in [0, 0.05) is 4.91 Å². The molecule has 0 aliphatic carbocycles. The largest absolute Gasteiger partial charge is 0.805 e. The molecule has 0 aliphatic heterocycles. The lowest BCUT2D eigenvalue weighted by Crippen LogP contribution is -2.15. The molecule has 0 unspecified atom stereocenters. The van der Waals surface area contributed by atoms with Crippen molar-refractivity contribution in [3.8, 4) is 5.75 Å². The van der Waals surface area contributed by atoms with E-state index in [1.54, 1.807) is 19.3 Å². The Hall–Kier alpha value is -2.56. The molecule has 1 heterocycles. The van der Waals surface area contributed by atoms with E-state index < -0.39 is 0 Å². The summed E-state index contributed by atoms with van der Waals surface area (Å²) < 4.78 is 6.26. The standard InChI is InChI=1S/C13H12N2O3/c1-18-13-6-3-11(4-7-13)2-5-12-10-14(16)8-9-15(12)17/h2-10H,1H3/b5-2+. The van der Waals surface area contributed by atoms with Crippen LogP contribution in [-0.2, 0) is 0 Å². The Morgan fingerprint density at radius 1 is 1.28 bits per heavy atom. The van der Waals surface area contributed by atoms with Crippen molar-refractivity contribution in [2.45, 2.75) is 0 Å². The van der Waals surface area contributed by atoms with Crippen molar-refractivity contribution in [1.82, 2.24) is 4.73 Å². The fourth-order valence-corrected chi connectivity index (χ4v) is 1.46. The van der Waals surface area contributed by atoms with Gasteiger partial charge in [0.1, 0.15) is 11.4 Å². The number of hydrogen-bond acceptors (Lipinski definition) is 3. The van der Waals surface area contributed by atoms with Gasteiger partial charge in [0.05, 0.1) is 17.7 Å². The Morgan fingerprint density at radius 3 is 2.67 bits per heavy atom. The van der Waals surface area contributed by atoms with Gasteiger partial charge in [-0.3, -0.25) is 0 Å². The summed E-state index contributed by atoms with van der Waals surface area (Å²) in [5, 5.41) is 11.4. The average Bonchev–Trinajstić information content (AvgIpc) is 2.40. The van der Waals surface area contributed by atoms with Gasteiger partial charge in [0.25, 0.3) is 6.20 Å². The highest BCUT2D eigenvalue weighted by Gasteiger charge is 1.97. The van der Waals surface area contributed by atoms with Crippen molar-refractivity contribution in [1.29, 1.82) is 0 Å². The van der Waals surface area contributed by atoms with Crippen LogP contribution in [0.25, 0.3) is 12.2 Å². The molecule has 1 aromatic heterocycles. The van der Waals surface area contributed by atoms with Gasteiger partial charge in [-0.2, -0.15) is 0 Å². The number of ether oxygens (including phenoxy) is 1. The minimum Gasteiger partial charge on any atom is -0.805 e. The maximum atomic E-state index is 11.4. The monoisotopic (exact) mass is 244 g/mol. The second kappa shape index (κ2) is 5.18. The summed E-state index contributed by atoms with van der Waals surface area (Å²) in [6, 6.07) is 7.37. The van der Waals surface area contributed by atoms with E-state index in [4.69, 9.17) is 4.74 Å². The summed E-state index contributed by atoms with van der Waals surface area (Å²) in [5.41, 5.74) is 1.19. The van der Waals surface area contributed by atoms with Crippen LogP contribution in [-0.4, -0.2) is 11.8 Å². The zero-order chi connectivity index (χ0) is 13.0. The molecule has 0 radical (unpaired) electrons. The van der Waals surface area contributed by atoms with Gasteiger partial charge < -0.3 is 14.7 Å². The molecule has 0 amide bonds. The first-order valence-corrected chi connectivity index (χ1v) is 5.33. The first-order valence-electron chi connectivity index (χ1n) is 5.33. The number of hydrogen-bond donors (Lipinski definition) is 0. The molecule has 1 aromatic carbocycles. The zero-order valence-electron chi connectivity index (χ0n) is 9.82. The molecule has 0 atom stereocenters. The van der Waals surface area contributed by atoms with E-state index in [0.29, 0.717) is 9.16 Å². The van der Waals surface area contributed by atoms with Crippen LogP contribution >= 0.6 is 0 Å². The molecular weight excluding hydrogens is 232 g/mol. The lowest BCUT2D eigenvalue weighted by molar-refractivity contribution is -0.495. The zero-order valence-corrected chi connectivity index (χ0v) is 9.82. The minimum atomic E-state index is 0.281. The minimum absolute atomic E-state index is 0.281. The first kappa shape index (κ1) is 11.9. The van der Waals surface area contributed by atoms with E-state index in [0.717, 1.165) is 17.5 Å². The summed E-state index contributed by atoms with van der Waals surface area (Å²) in [7, 11) is 1.60. The van der Waals surface area contributed by atoms with Crippen LogP contribution < -0.4 is 9.16 Å². The van der Waals surface area contributed by atoms with Crippen molar-refractivity contribution in [2.75, 3.05) is 7.11 Å². The van der Waals surface area contributed by atoms with Crippen LogP contribution in [0.1, 0.15) is 11.3 Å². The summed E-state index contributed by atoms with van der Waals surface area (Å²) in [5.74, 6) is 0.767. The number of aromatic nitrogens is 2. The van der Waals surface area contributed by atoms with Crippen LogP contribution in [0.2, 0.25) is 0 Å². The van der Waals surface area contributed by atoms with E-state index in [1.807, 2.05) is 24.3 Å². The Morgan fingerprint density at radius 2 is 2.00 bits per heavy atom. The SMILES string of the molecule is COc1ccc(/C=C/c2c[n+](=O)ccn2[O-])cc1. The molecule has 5 nitrogen and oxygen atoms in total. The van der Waals surface area contributed by atoms with Gasteiger partial charge in [-0.05, 0) is 23.8 Å². The Labute approximate surface area is 104 Å². The van der Waals surface area contributed by atoms with E-state index in [9.17, 15) is 10.1 Å². The fraction of sp³-hybridized carbons (Fsp3) is 0.0769. The predicted molar refractivity (Wildman–Crippen MR) is 68.5 cm³/mol. The fourth-order valence-electron chi connectivity index (χ4n) is 1.46. The summed E-state index contributed by atoms with van der Waals surface area (Å²) in [4.78, 5) is 11.1. The van der Waals surface area contributed by atoms with E-state index in [-0.39, 0.29) is 5.69 Å². The highest BCUT2D eigenvalue weighted by Crippen LogP contribution is 2.13. The normalized spacial score (nSPS) is 10.7. The van der Waals surface area contributed by atoms with Crippen LogP contribution in [0, 0.1) is 10.1 Å². The van der Waals surface area contributed by atoms with E-state index in [1.165, 1.54) is 12.4 Å². The van der Waals surface area contributed by atoms with Crippen LogP contribution in [0.4, 0.5) is 0 Å². The topological polar surface area (TPSA) is 60.2 Å². The number of methoxy groups -OCH3 is 1. The second-order valence-electron chi connectivity index (χ2n) is 3.64. The Bertz CT molecular complexity index is 615. The maximum absolute atomic E-state index is 11.4. The van der Waals surface area contributed by atoms with Crippen molar-refractivity contribution in [3.63, 3.8) is 0 Å². The second-order valence-corrected chi connectivity index (χ2v) is 3.64. The predicted octanol–water partition coefficient (Wildman–Crippen LogP) is 1.93. The van der Waals surface area contributed by atoms with Crippen molar-refractivity contribution in [2.24, 2.45) is 0 Å². The number of rotatable bonds is 3. The molecule has 0 saturated carbocycles. The van der Waals surface area contributed by atoms with Gasteiger partial charge >= 0.3 is 0 Å². The molecule has 0 N–H and O–H groups in total. The van der Waals surface area contributed by atoms with Crippen molar-refractivity contribution >= 4 is 12.2 Å². The van der Waals surface area contributed by atoms with Crippen molar-refractivity contribution in [3.05, 3.63) is 64.2 Å². The van der Waals surface area contributed by atoms with Gasteiger partial charge in [-0.15, -0.1) is 0 Å². The van der Waals surface area contributed by atoms with Gasteiger partial charge in [0.2, 0.25) is 6.20 Å². The quantitative estimate of drug-likeness (QED) is 0.775. The molecule has 0 spiro atoms. The lowest BCUT2D eigenvalue weighted by Gasteiger charge is -2.09. The summed E-state index contributed by atoms with van der Waals surface area (Å²) in [6.45, 7) is 0. The summed E-state index contributed by atoms with van der Waals surface area (Å²) in [6.07, 6.45) is 6.87. The molecule has 92 valence electrons. The highest BCUT2D eigenvalue weighted by molar-refractivity contribution is 5.68. The van der Waals surface area contributed by atoms with Gasteiger partial charge in [-0.25, -0.2) is 0 Å². The molecule has 0 bridgehead atoms. The van der Waals surface area contributed by atoms with E-state index in [2.05, 4.69) is 0 Å². The molecule has 2 aromatic rings. The molecule has 0 saturated heterocycles. The van der Waals surface area contributed by atoms with E-state index >= 15 is 0 Å². The van der Waals surface area contributed by atoms with Crippen LogP contribution in [0.3, 0.4) is 0 Å². The van der Waals surface area contributed by atoms with Crippen LogP contribution in [0.15, 0.2) is 42.9 Å². The van der Waals surface area contributed by atoms with Gasteiger partial charge in [-0.1, -0.05) is 18.2 Å². The number of benzene rings is 1. The molecule has 0 aliphatic rings. The molecule has 5 heteroatoms. The molecular formula is C13H12N2O3.